The van der Waals surface area contributed by atoms with Gasteiger partial charge in [-0.3, -0.25) is 0 Å². The molecule has 1 fully saturated rings. The molecule has 1 aliphatic heterocycles. The first kappa shape index (κ1) is 13.5. The molecule has 0 aromatic carbocycles. The first-order valence-electron chi connectivity index (χ1n) is 6.96. The molecule has 0 saturated carbocycles. The van der Waals surface area contributed by atoms with E-state index in [9.17, 15) is 0 Å². The Labute approximate surface area is 122 Å². The second kappa shape index (κ2) is 5.90. The molecular formula is C12H18N8O. The van der Waals surface area contributed by atoms with Crippen molar-refractivity contribution in [1.29, 1.82) is 0 Å². The van der Waals surface area contributed by atoms with E-state index in [1.54, 1.807) is 14.0 Å². The topological polar surface area (TPSA) is 105 Å². The molecule has 0 unspecified atom stereocenters. The van der Waals surface area contributed by atoms with E-state index in [-0.39, 0.29) is 0 Å². The molecule has 0 atom stereocenters. The molecule has 0 radical (unpaired) electrons. The molecule has 0 bridgehead atoms. The Balaban J connectivity index is 1.75. The van der Waals surface area contributed by atoms with Crippen LogP contribution in [-0.2, 0) is 6.54 Å². The first-order chi connectivity index (χ1) is 10.2. The highest BCUT2D eigenvalue weighted by Crippen LogP contribution is 2.18. The molecule has 0 spiro atoms. The number of anilines is 3. The van der Waals surface area contributed by atoms with Crippen LogP contribution in [0.4, 0.5) is 17.8 Å². The highest BCUT2D eigenvalue weighted by molar-refractivity contribution is 5.44. The molecule has 3 rings (SSSR count). The van der Waals surface area contributed by atoms with Crippen molar-refractivity contribution in [3.05, 3.63) is 11.7 Å². The van der Waals surface area contributed by atoms with Crippen molar-refractivity contribution in [2.45, 2.75) is 26.3 Å². The predicted octanol–water partition coefficient (Wildman–Crippen LogP) is 0.817. The van der Waals surface area contributed by atoms with Gasteiger partial charge < -0.3 is 20.1 Å². The summed E-state index contributed by atoms with van der Waals surface area (Å²) in [5.41, 5.74) is 0. The van der Waals surface area contributed by atoms with Gasteiger partial charge in [0.2, 0.25) is 23.7 Å². The minimum Gasteiger partial charge on any atom is -0.357 e. The number of nitrogens with zero attached hydrogens (tertiary/aromatic N) is 6. The summed E-state index contributed by atoms with van der Waals surface area (Å²) >= 11 is 0. The smallest absolute Gasteiger partial charge is 0.246 e. The number of nitrogens with one attached hydrogen (secondary N) is 2. The zero-order chi connectivity index (χ0) is 14.7. The van der Waals surface area contributed by atoms with Gasteiger partial charge in [0.1, 0.15) is 0 Å². The SMILES string of the molecule is CNc1nc(NCc2nc(C)no2)nc(N2CCCC2)n1. The highest BCUT2D eigenvalue weighted by Gasteiger charge is 2.17. The lowest BCUT2D eigenvalue weighted by Gasteiger charge is -2.16. The van der Waals surface area contributed by atoms with E-state index in [4.69, 9.17) is 4.52 Å². The predicted molar refractivity (Wildman–Crippen MR) is 77.2 cm³/mol. The van der Waals surface area contributed by atoms with Crippen LogP contribution in [0.2, 0.25) is 0 Å². The van der Waals surface area contributed by atoms with Crippen LogP contribution in [0.1, 0.15) is 24.6 Å². The zero-order valence-electron chi connectivity index (χ0n) is 12.1. The Hall–Kier alpha value is -2.45. The van der Waals surface area contributed by atoms with E-state index in [1.165, 1.54) is 12.8 Å². The van der Waals surface area contributed by atoms with E-state index in [1.807, 2.05) is 0 Å². The van der Waals surface area contributed by atoms with Gasteiger partial charge in [-0.25, -0.2) is 0 Å². The quantitative estimate of drug-likeness (QED) is 0.827. The maximum absolute atomic E-state index is 5.05. The Morgan fingerprint density at radius 1 is 1.10 bits per heavy atom. The van der Waals surface area contributed by atoms with Crippen LogP contribution in [0.15, 0.2) is 4.52 Å². The van der Waals surface area contributed by atoms with Crippen LogP contribution in [-0.4, -0.2) is 45.2 Å². The maximum atomic E-state index is 5.05. The molecule has 1 aliphatic rings. The van der Waals surface area contributed by atoms with E-state index in [2.05, 4.69) is 40.6 Å². The van der Waals surface area contributed by atoms with Gasteiger partial charge in [-0.2, -0.15) is 19.9 Å². The molecule has 2 aromatic heterocycles. The molecule has 2 N–H and O–H groups in total. The van der Waals surface area contributed by atoms with Gasteiger partial charge >= 0.3 is 0 Å². The average Bonchev–Trinajstić information content (AvgIpc) is 3.16. The minimum absolute atomic E-state index is 0.382. The van der Waals surface area contributed by atoms with Crippen molar-refractivity contribution >= 4 is 17.8 Å². The van der Waals surface area contributed by atoms with Gasteiger partial charge in [0, 0.05) is 20.1 Å². The Morgan fingerprint density at radius 3 is 2.52 bits per heavy atom. The van der Waals surface area contributed by atoms with E-state index in [0.717, 1.165) is 13.1 Å². The molecule has 112 valence electrons. The first-order valence-corrected chi connectivity index (χ1v) is 6.96. The van der Waals surface area contributed by atoms with Gasteiger partial charge in [-0.1, -0.05) is 5.16 Å². The third-order valence-electron chi connectivity index (χ3n) is 3.20. The summed E-state index contributed by atoms with van der Waals surface area (Å²) in [6, 6.07) is 0. The summed E-state index contributed by atoms with van der Waals surface area (Å²) in [7, 11) is 1.79. The maximum Gasteiger partial charge on any atom is 0.246 e. The summed E-state index contributed by atoms with van der Waals surface area (Å²) in [6.07, 6.45) is 2.34. The number of hydrogen-bond donors (Lipinski definition) is 2. The van der Waals surface area contributed by atoms with E-state index < -0.39 is 0 Å². The van der Waals surface area contributed by atoms with Gasteiger partial charge in [0.25, 0.3) is 0 Å². The zero-order valence-corrected chi connectivity index (χ0v) is 12.1. The van der Waals surface area contributed by atoms with E-state index >= 15 is 0 Å². The van der Waals surface area contributed by atoms with Crippen molar-refractivity contribution < 1.29 is 4.52 Å². The van der Waals surface area contributed by atoms with Crippen molar-refractivity contribution in [2.24, 2.45) is 0 Å². The number of aryl methyl sites for hydroxylation is 1. The molecule has 9 nitrogen and oxygen atoms in total. The second-order valence-electron chi connectivity index (χ2n) is 4.82. The average molecular weight is 290 g/mol. The Morgan fingerprint density at radius 2 is 1.86 bits per heavy atom. The molecule has 21 heavy (non-hydrogen) atoms. The van der Waals surface area contributed by atoms with Crippen molar-refractivity contribution in [3.8, 4) is 0 Å². The van der Waals surface area contributed by atoms with Crippen LogP contribution >= 0.6 is 0 Å². The molecule has 1 saturated heterocycles. The normalized spacial score (nSPS) is 14.5. The van der Waals surface area contributed by atoms with Crippen LogP contribution < -0.4 is 15.5 Å². The number of aromatic nitrogens is 5. The van der Waals surface area contributed by atoms with Crippen LogP contribution in [0, 0.1) is 6.92 Å². The summed E-state index contributed by atoms with van der Waals surface area (Å²) in [4.78, 5) is 19.4. The largest absolute Gasteiger partial charge is 0.357 e. The molecule has 2 aromatic rings. The molecular weight excluding hydrogens is 272 g/mol. The standard InChI is InChI=1S/C12H18N8O/c1-8-15-9(21-19-8)7-14-11-16-10(13-2)17-12(18-11)20-5-3-4-6-20/h3-7H2,1-2H3,(H2,13,14,16,17,18). The monoisotopic (exact) mass is 290 g/mol. The third-order valence-corrected chi connectivity index (χ3v) is 3.20. The Kier molecular flexibility index (Phi) is 3.80. The molecule has 0 aliphatic carbocycles. The number of hydrogen-bond acceptors (Lipinski definition) is 9. The van der Waals surface area contributed by atoms with Crippen molar-refractivity contribution in [2.75, 3.05) is 35.7 Å². The second-order valence-corrected chi connectivity index (χ2v) is 4.82. The summed E-state index contributed by atoms with van der Waals surface area (Å²) in [6.45, 7) is 4.12. The van der Waals surface area contributed by atoms with Crippen LogP contribution in [0.25, 0.3) is 0 Å². The highest BCUT2D eigenvalue weighted by atomic mass is 16.5. The van der Waals surface area contributed by atoms with Crippen molar-refractivity contribution in [1.82, 2.24) is 25.1 Å². The Bertz CT molecular complexity index is 607. The van der Waals surface area contributed by atoms with Gasteiger partial charge in [-0.15, -0.1) is 0 Å². The summed E-state index contributed by atoms with van der Waals surface area (Å²) < 4.78 is 5.05. The third kappa shape index (κ3) is 3.18. The molecule has 3 heterocycles. The van der Waals surface area contributed by atoms with E-state index in [0.29, 0.717) is 36.1 Å². The summed E-state index contributed by atoms with van der Waals surface area (Å²) in [5.74, 6) is 2.83. The van der Waals surface area contributed by atoms with Crippen LogP contribution in [0.3, 0.4) is 0 Å². The van der Waals surface area contributed by atoms with Crippen LogP contribution in [0.5, 0.6) is 0 Å². The number of rotatable bonds is 5. The van der Waals surface area contributed by atoms with Gasteiger partial charge in [0.05, 0.1) is 6.54 Å². The minimum atomic E-state index is 0.382. The fourth-order valence-corrected chi connectivity index (χ4v) is 2.18. The lowest BCUT2D eigenvalue weighted by atomic mass is 10.4. The van der Waals surface area contributed by atoms with Gasteiger partial charge in [-0.05, 0) is 19.8 Å². The lowest BCUT2D eigenvalue weighted by molar-refractivity contribution is 0.379. The molecule has 9 heteroatoms. The summed E-state index contributed by atoms with van der Waals surface area (Å²) in [5, 5.41) is 9.78. The lowest BCUT2D eigenvalue weighted by Crippen LogP contribution is -2.22. The molecule has 0 amide bonds. The fourth-order valence-electron chi connectivity index (χ4n) is 2.18. The van der Waals surface area contributed by atoms with Crippen molar-refractivity contribution in [3.63, 3.8) is 0 Å². The fraction of sp³-hybridized carbons (Fsp3) is 0.583. The van der Waals surface area contributed by atoms with Gasteiger partial charge in [0.15, 0.2) is 5.82 Å².